The van der Waals surface area contributed by atoms with Gasteiger partial charge in [-0.3, -0.25) is 4.99 Å². The fourth-order valence-corrected chi connectivity index (χ4v) is 3.40. The van der Waals surface area contributed by atoms with E-state index in [4.69, 9.17) is 4.99 Å². The van der Waals surface area contributed by atoms with E-state index in [1.165, 1.54) is 49.7 Å². The number of aliphatic imine (C=N–C) groups is 1. The first kappa shape index (κ1) is 33.8. The third-order valence-electron chi connectivity index (χ3n) is 6.89. The van der Waals surface area contributed by atoms with Crippen LogP contribution in [-0.2, 0) is 0 Å². The molecule has 3 nitrogen and oxygen atoms in total. The quantitative estimate of drug-likeness (QED) is 0.264. The van der Waals surface area contributed by atoms with Gasteiger partial charge in [0, 0.05) is 17.8 Å². The molecule has 2 N–H and O–H groups in total. The lowest BCUT2D eigenvalue weighted by atomic mass is 9.86. The highest BCUT2D eigenvalue weighted by atomic mass is 16.3. The molecule has 0 aromatic heterocycles. The Labute approximate surface area is 219 Å². The normalized spacial score (nSPS) is 22.5. The smallest absolute Gasteiger partial charge is 0.0584 e. The minimum atomic E-state index is 0.159. The van der Waals surface area contributed by atoms with Crippen molar-refractivity contribution in [1.82, 2.24) is 5.32 Å². The average molecular weight is 489 g/mol. The van der Waals surface area contributed by atoms with E-state index in [0.717, 1.165) is 43.0 Å². The Bertz CT molecular complexity index is 672. The van der Waals surface area contributed by atoms with Crippen molar-refractivity contribution in [1.29, 1.82) is 0 Å². The molecule has 1 saturated heterocycles. The number of nitrogens with one attached hydrogen (secondary N) is 1. The zero-order valence-electron chi connectivity index (χ0n) is 25.1. The summed E-state index contributed by atoms with van der Waals surface area (Å²) in [6.45, 7) is 22.2. The fourth-order valence-electron chi connectivity index (χ4n) is 3.40. The van der Waals surface area contributed by atoms with E-state index in [1.807, 2.05) is 0 Å². The molecule has 35 heavy (non-hydrogen) atoms. The van der Waals surface area contributed by atoms with E-state index in [2.05, 4.69) is 92.8 Å². The van der Waals surface area contributed by atoms with E-state index >= 15 is 0 Å². The van der Waals surface area contributed by atoms with Gasteiger partial charge < -0.3 is 10.4 Å². The van der Waals surface area contributed by atoms with Gasteiger partial charge in [-0.15, -0.1) is 0 Å². The van der Waals surface area contributed by atoms with Crippen LogP contribution in [0.1, 0.15) is 133 Å². The predicted molar refractivity (Wildman–Crippen MR) is 158 cm³/mol. The molecule has 0 aromatic rings. The second-order valence-electron chi connectivity index (χ2n) is 11.5. The molecule has 1 saturated carbocycles. The molecule has 3 heteroatoms. The lowest BCUT2D eigenvalue weighted by Crippen LogP contribution is -2.39. The topological polar surface area (TPSA) is 44.6 Å². The number of hydrogen-bond donors (Lipinski definition) is 2. The van der Waals surface area contributed by atoms with Crippen molar-refractivity contribution in [2.45, 2.75) is 146 Å². The number of aliphatic hydroxyl groups excluding tert-OH is 1. The van der Waals surface area contributed by atoms with Gasteiger partial charge in [-0.1, -0.05) is 117 Å². The summed E-state index contributed by atoms with van der Waals surface area (Å²) in [5.74, 6) is 1.08. The third-order valence-corrected chi connectivity index (χ3v) is 6.89. The first-order valence-corrected chi connectivity index (χ1v) is 14.5. The first-order valence-electron chi connectivity index (χ1n) is 14.5. The average Bonchev–Trinajstić information content (AvgIpc) is 3.65. The zero-order valence-corrected chi connectivity index (χ0v) is 25.1. The third kappa shape index (κ3) is 16.2. The van der Waals surface area contributed by atoms with Crippen molar-refractivity contribution >= 4 is 5.71 Å². The van der Waals surface area contributed by atoms with Crippen LogP contribution in [0.3, 0.4) is 0 Å². The van der Waals surface area contributed by atoms with Crippen LogP contribution < -0.4 is 5.32 Å². The summed E-state index contributed by atoms with van der Waals surface area (Å²) < 4.78 is 0. The van der Waals surface area contributed by atoms with Crippen LogP contribution in [0.2, 0.25) is 0 Å². The molecule has 0 amide bonds. The molecule has 204 valence electrons. The standard InChI is InChI=1S/C24H42N2O.C4H8.C4H10/c1-8-10-13-20(16-18(3)24(5,6)7)19(4)25-22(9-2)23-15-12-11-14-21(17-27)26-23;1-4-2-3-4;1-3-4-2/h9,13,16,21,23,26-27H,8,10-12,14-15,17H2,1-7H3;4H,2-3H2,1H3;3-4H2,1-2H3/b18-16+,20-13+,22-9-,25-19+;;. The minimum Gasteiger partial charge on any atom is -0.395 e. The number of unbranched alkanes of at least 4 members (excludes halogenated alkanes) is 2. The van der Waals surface area contributed by atoms with Gasteiger partial charge in [-0.2, -0.15) is 0 Å². The van der Waals surface area contributed by atoms with Crippen LogP contribution in [0.5, 0.6) is 0 Å². The molecule has 0 radical (unpaired) electrons. The number of rotatable bonds is 8. The van der Waals surface area contributed by atoms with Crippen molar-refractivity contribution < 1.29 is 5.11 Å². The van der Waals surface area contributed by atoms with E-state index in [1.54, 1.807) is 0 Å². The fraction of sp³-hybridized carbons (Fsp3) is 0.781. The molecular weight excluding hydrogens is 428 g/mol. The highest BCUT2D eigenvalue weighted by molar-refractivity contribution is 6.01. The van der Waals surface area contributed by atoms with Gasteiger partial charge in [-0.05, 0) is 56.9 Å². The van der Waals surface area contributed by atoms with Crippen molar-refractivity contribution in [3.63, 3.8) is 0 Å². The Balaban J connectivity index is 0.00000122. The lowest BCUT2D eigenvalue weighted by Gasteiger charge is -2.23. The molecule has 2 aliphatic rings. The summed E-state index contributed by atoms with van der Waals surface area (Å²) in [4.78, 5) is 5.04. The Morgan fingerprint density at radius 3 is 1.97 bits per heavy atom. The van der Waals surface area contributed by atoms with Crippen LogP contribution in [0.15, 0.2) is 40.1 Å². The maximum atomic E-state index is 9.60. The monoisotopic (exact) mass is 488 g/mol. The molecule has 1 aliphatic carbocycles. The number of allylic oxidation sites excluding steroid dienone is 5. The Hall–Kier alpha value is -1.19. The molecule has 0 aromatic carbocycles. The Morgan fingerprint density at radius 2 is 1.54 bits per heavy atom. The molecule has 2 atom stereocenters. The van der Waals surface area contributed by atoms with Gasteiger partial charge in [0.15, 0.2) is 0 Å². The summed E-state index contributed by atoms with van der Waals surface area (Å²) in [5, 5.41) is 13.2. The summed E-state index contributed by atoms with van der Waals surface area (Å²) in [5.41, 5.74) is 4.93. The van der Waals surface area contributed by atoms with E-state index < -0.39 is 0 Å². The first-order chi connectivity index (χ1) is 16.5. The van der Waals surface area contributed by atoms with Crippen molar-refractivity contribution in [3.05, 3.63) is 35.1 Å². The maximum absolute atomic E-state index is 9.60. The molecule has 1 heterocycles. The van der Waals surface area contributed by atoms with Gasteiger partial charge in [0.05, 0.1) is 12.3 Å². The van der Waals surface area contributed by atoms with Crippen LogP contribution in [0, 0.1) is 11.3 Å². The van der Waals surface area contributed by atoms with Crippen LogP contribution in [-0.4, -0.2) is 29.5 Å². The molecule has 1 aliphatic heterocycles. The summed E-state index contributed by atoms with van der Waals surface area (Å²) in [6, 6.07) is 0.408. The van der Waals surface area contributed by atoms with Crippen LogP contribution in [0.25, 0.3) is 0 Å². The summed E-state index contributed by atoms with van der Waals surface area (Å²) in [6.07, 6.45) is 19.0. The predicted octanol–water partition coefficient (Wildman–Crippen LogP) is 9.19. The molecule has 2 unspecified atom stereocenters. The van der Waals surface area contributed by atoms with Gasteiger partial charge in [0.1, 0.15) is 0 Å². The van der Waals surface area contributed by atoms with Gasteiger partial charge in [0.25, 0.3) is 0 Å². The minimum absolute atomic E-state index is 0.159. The second kappa shape index (κ2) is 19.0. The molecule has 2 fully saturated rings. The molecule has 0 bridgehead atoms. The van der Waals surface area contributed by atoms with Gasteiger partial charge >= 0.3 is 0 Å². The zero-order chi connectivity index (χ0) is 26.9. The molecular formula is C32H60N2O. The summed E-state index contributed by atoms with van der Waals surface area (Å²) >= 11 is 0. The second-order valence-corrected chi connectivity index (χ2v) is 11.5. The van der Waals surface area contributed by atoms with E-state index in [0.29, 0.717) is 0 Å². The highest BCUT2D eigenvalue weighted by Gasteiger charge is 2.21. The highest BCUT2D eigenvalue weighted by Crippen LogP contribution is 2.27. The van der Waals surface area contributed by atoms with Gasteiger partial charge in [-0.25, -0.2) is 0 Å². The molecule has 0 spiro atoms. The number of nitrogens with zero attached hydrogens (tertiary/aromatic N) is 1. The van der Waals surface area contributed by atoms with Crippen molar-refractivity contribution in [3.8, 4) is 0 Å². The van der Waals surface area contributed by atoms with E-state index in [9.17, 15) is 5.11 Å². The largest absolute Gasteiger partial charge is 0.395 e. The number of aliphatic hydroxyl groups is 1. The molecule has 2 rings (SSSR count). The van der Waals surface area contributed by atoms with Crippen molar-refractivity contribution in [2.24, 2.45) is 16.3 Å². The maximum Gasteiger partial charge on any atom is 0.0584 e. The van der Waals surface area contributed by atoms with Crippen LogP contribution in [0.4, 0.5) is 0 Å². The SMILES string of the molecule is CC1CC1.CCCC.C\C=C(/N=C(C)/C(=C/CCC)/C=C(\C)C(C)(C)C)C1CCCCC(CO)N1. The summed E-state index contributed by atoms with van der Waals surface area (Å²) in [7, 11) is 0. The van der Waals surface area contributed by atoms with Crippen LogP contribution >= 0.6 is 0 Å². The number of hydrogen-bond acceptors (Lipinski definition) is 3. The van der Waals surface area contributed by atoms with Crippen molar-refractivity contribution in [2.75, 3.05) is 6.61 Å². The Kier molecular flexibility index (Phi) is 18.3. The lowest BCUT2D eigenvalue weighted by molar-refractivity contribution is 0.233. The van der Waals surface area contributed by atoms with E-state index in [-0.39, 0.29) is 24.1 Å². The van der Waals surface area contributed by atoms with Gasteiger partial charge in [0.2, 0.25) is 0 Å². The Morgan fingerprint density at radius 1 is 0.971 bits per heavy atom.